The van der Waals surface area contributed by atoms with Gasteiger partial charge in [0.05, 0.1) is 15.8 Å². The summed E-state index contributed by atoms with van der Waals surface area (Å²) in [5.41, 5.74) is 0.387. The van der Waals surface area contributed by atoms with E-state index in [1.807, 2.05) is 0 Å². The van der Waals surface area contributed by atoms with Crippen LogP contribution in [0.15, 0.2) is 47.4 Å². The van der Waals surface area contributed by atoms with E-state index in [0.29, 0.717) is 15.5 Å². The lowest BCUT2D eigenvalue weighted by molar-refractivity contribution is 0.102. The highest BCUT2D eigenvalue weighted by Gasteiger charge is 2.12. The van der Waals surface area contributed by atoms with Crippen LogP contribution in [0.3, 0.4) is 0 Å². The van der Waals surface area contributed by atoms with Crippen LogP contribution in [0.4, 0.5) is 4.39 Å². The zero-order chi connectivity index (χ0) is 13.8. The van der Waals surface area contributed by atoms with E-state index >= 15 is 0 Å². The first-order valence-corrected chi connectivity index (χ1v) is 7.17. The molecule has 0 spiro atoms. The van der Waals surface area contributed by atoms with Gasteiger partial charge in [0.2, 0.25) is 0 Å². The van der Waals surface area contributed by atoms with Gasteiger partial charge in [-0.15, -0.1) is 11.8 Å². The van der Waals surface area contributed by atoms with Crippen molar-refractivity contribution in [1.82, 2.24) is 0 Å². The van der Waals surface area contributed by atoms with Gasteiger partial charge in [-0.2, -0.15) is 0 Å². The summed E-state index contributed by atoms with van der Waals surface area (Å²) in [6.07, 6.45) is 0. The molecule has 98 valence electrons. The number of halogens is 3. The van der Waals surface area contributed by atoms with Crippen molar-refractivity contribution in [3.8, 4) is 0 Å². The lowest BCUT2D eigenvalue weighted by Crippen LogP contribution is -2.03. The Hall–Kier alpha value is -1.03. The number of benzene rings is 2. The molecule has 2 rings (SSSR count). The van der Waals surface area contributed by atoms with Gasteiger partial charge in [-0.05, 0) is 30.3 Å². The molecular weight excluding hydrogens is 306 g/mol. The van der Waals surface area contributed by atoms with Crippen LogP contribution < -0.4 is 0 Å². The lowest BCUT2D eigenvalue weighted by atomic mass is 10.1. The van der Waals surface area contributed by atoms with Crippen molar-refractivity contribution in [2.75, 3.05) is 5.75 Å². The van der Waals surface area contributed by atoms with Gasteiger partial charge in [-0.1, -0.05) is 35.3 Å². The second-order valence-electron chi connectivity index (χ2n) is 3.77. The van der Waals surface area contributed by atoms with Gasteiger partial charge in [0.25, 0.3) is 0 Å². The van der Waals surface area contributed by atoms with E-state index < -0.39 is 0 Å². The van der Waals surface area contributed by atoms with Crippen molar-refractivity contribution in [1.29, 1.82) is 0 Å². The Bertz CT molecular complexity index is 616. The lowest BCUT2D eigenvalue weighted by Gasteiger charge is -2.05. The molecule has 5 heteroatoms. The topological polar surface area (TPSA) is 17.1 Å². The standard InChI is InChI=1S/C14H9Cl2FOS/c15-12-6-2-5-11(14(12)16)13(18)8-19-10-4-1-3-9(17)7-10/h1-7H,8H2. The number of Topliss-reactive ketones (excluding diaryl/α,β-unsaturated/α-hetero) is 1. The average Bonchev–Trinajstić information content (AvgIpc) is 2.39. The zero-order valence-electron chi connectivity index (χ0n) is 9.70. The summed E-state index contributed by atoms with van der Waals surface area (Å²) in [5.74, 6) is -0.274. The molecule has 0 amide bonds. The monoisotopic (exact) mass is 314 g/mol. The van der Waals surface area contributed by atoms with Crippen LogP contribution in [-0.4, -0.2) is 11.5 Å². The van der Waals surface area contributed by atoms with Crippen molar-refractivity contribution in [2.24, 2.45) is 0 Å². The Morgan fingerprint density at radius 3 is 2.63 bits per heavy atom. The van der Waals surface area contributed by atoms with Gasteiger partial charge in [0.15, 0.2) is 5.78 Å². The normalized spacial score (nSPS) is 10.5. The van der Waals surface area contributed by atoms with Gasteiger partial charge in [0, 0.05) is 10.5 Å². The highest BCUT2D eigenvalue weighted by molar-refractivity contribution is 8.00. The van der Waals surface area contributed by atoms with E-state index in [-0.39, 0.29) is 22.4 Å². The molecule has 0 radical (unpaired) electrons. The Labute approximate surface area is 124 Å². The molecule has 2 aromatic rings. The molecule has 0 fully saturated rings. The molecule has 0 heterocycles. The molecule has 0 unspecified atom stereocenters. The minimum atomic E-state index is -0.321. The summed E-state index contributed by atoms with van der Waals surface area (Å²) >= 11 is 13.1. The quantitative estimate of drug-likeness (QED) is 0.576. The van der Waals surface area contributed by atoms with E-state index in [1.165, 1.54) is 23.9 Å². The highest BCUT2D eigenvalue weighted by atomic mass is 35.5. The third-order valence-electron chi connectivity index (χ3n) is 2.42. The number of rotatable bonds is 4. The number of carbonyl (C=O) groups excluding carboxylic acids is 1. The summed E-state index contributed by atoms with van der Waals surface area (Å²) in [7, 11) is 0. The fraction of sp³-hybridized carbons (Fsp3) is 0.0714. The first kappa shape index (κ1) is 14.4. The number of hydrogen-bond acceptors (Lipinski definition) is 2. The predicted octanol–water partition coefficient (Wildman–Crippen LogP) is 5.11. The van der Waals surface area contributed by atoms with Crippen molar-refractivity contribution in [3.05, 3.63) is 63.9 Å². The first-order chi connectivity index (χ1) is 9.08. The number of carbonyl (C=O) groups is 1. The molecule has 0 N–H and O–H groups in total. The van der Waals surface area contributed by atoms with Gasteiger partial charge in [-0.3, -0.25) is 4.79 Å². The highest BCUT2D eigenvalue weighted by Crippen LogP contribution is 2.27. The van der Waals surface area contributed by atoms with Crippen molar-refractivity contribution in [3.63, 3.8) is 0 Å². The molecule has 0 saturated carbocycles. The Kier molecular flexibility index (Phi) is 4.86. The maximum atomic E-state index is 13.0. The third kappa shape index (κ3) is 3.72. The van der Waals surface area contributed by atoms with E-state index in [2.05, 4.69) is 0 Å². The van der Waals surface area contributed by atoms with Gasteiger partial charge >= 0.3 is 0 Å². The molecule has 0 aliphatic heterocycles. The van der Waals surface area contributed by atoms with Crippen LogP contribution in [-0.2, 0) is 0 Å². The maximum Gasteiger partial charge on any atom is 0.174 e. The van der Waals surface area contributed by atoms with E-state index in [4.69, 9.17) is 23.2 Å². The Morgan fingerprint density at radius 2 is 1.89 bits per heavy atom. The summed E-state index contributed by atoms with van der Waals surface area (Å²) in [4.78, 5) is 12.7. The van der Waals surface area contributed by atoms with Crippen LogP contribution in [0, 0.1) is 5.82 Å². The Morgan fingerprint density at radius 1 is 1.16 bits per heavy atom. The summed E-state index contributed by atoms with van der Waals surface area (Å²) in [6.45, 7) is 0. The molecule has 2 aromatic carbocycles. The van der Waals surface area contributed by atoms with Crippen molar-refractivity contribution >= 4 is 40.7 Å². The van der Waals surface area contributed by atoms with Gasteiger partial charge in [0.1, 0.15) is 5.82 Å². The number of ketones is 1. The van der Waals surface area contributed by atoms with Crippen molar-refractivity contribution < 1.29 is 9.18 Å². The fourth-order valence-corrected chi connectivity index (χ4v) is 2.73. The summed E-state index contributed by atoms with van der Waals surface area (Å²) in [5, 5.41) is 0.609. The molecule has 0 saturated heterocycles. The van der Waals surface area contributed by atoms with E-state index in [1.54, 1.807) is 30.3 Å². The largest absolute Gasteiger partial charge is 0.293 e. The minimum absolute atomic E-state index is 0.137. The predicted molar refractivity (Wildman–Crippen MR) is 77.9 cm³/mol. The number of thioether (sulfide) groups is 1. The average molecular weight is 315 g/mol. The molecule has 0 atom stereocenters. The van der Waals surface area contributed by atoms with Crippen LogP contribution in [0.2, 0.25) is 10.0 Å². The molecule has 19 heavy (non-hydrogen) atoms. The van der Waals surface area contributed by atoms with Crippen LogP contribution in [0.1, 0.15) is 10.4 Å². The maximum absolute atomic E-state index is 13.0. The van der Waals surface area contributed by atoms with Gasteiger partial charge < -0.3 is 0 Å². The summed E-state index contributed by atoms with van der Waals surface area (Å²) in [6, 6.07) is 11.0. The Balaban J connectivity index is 2.08. The molecular formula is C14H9Cl2FOS. The molecule has 0 aliphatic rings. The van der Waals surface area contributed by atoms with Crippen LogP contribution >= 0.6 is 35.0 Å². The second-order valence-corrected chi connectivity index (χ2v) is 5.60. The molecule has 0 bridgehead atoms. The SMILES string of the molecule is O=C(CSc1cccc(F)c1)c1cccc(Cl)c1Cl. The van der Waals surface area contributed by atoms with E-state index in [9.17, 15) is 9.18 Å². The summed E-state index contributed by atoms with van der Waals surface area (Å²) < 4.78 is 13.0. The molecule has 0 aliphatic carbocycles. The first-order valence-electron chi connectivity index (χ1n) is 5.43. The third-order valence-corrected chi connectivity index (χ3v) is 4.23. The number of hydrogen-bond donors (Lipinski definition) is 0. The van der Waals surface area contributed by atoms with Crippen LogP contribution in [0.5, 0.6) is 0 Å². The molecule has 1 nitrogen and oxygen atoms in total. The fourth-order valence-electron chi connectivity index (χ4n) is 1.50. The van der Waals surface area contributed by atoms with E-state index in [0.717, 1.165) is 0 Å². The van der Waals surface area contributed by atoms with Crippen LogP contribution in [0.25, 0.3) is 0 Å². The smallest absolute Gasteiger partial charge is 0.174 e. The zero-order valence-corrected chi connectivity index (χ0v) is 12.0. The minimum Gasteiger partial charge on any atom is -0.293 e. The second kappa shape index (κ2) is 6.42. The van der Waals surface area contributed by atoms with Gasteiger partial charge in [-0.25, -0.2) is 4.39 Å². The van der Waals surface area contributed by atoms with Crippen molar-refractivity contribution in [2.45, 2.75) is 4.90 Å². The molecule has 0 aromatic heterocycles.